The molecule has 1 N–H and O–H groups in total. The minimum atomic E-state index is -0.570. The molecule has 1 amide bonds. The normalized spacial score (nSPS) is 15.5. The molecule has 1 atom stereocenters. The van der Waals surface area contributed by atoms with Gasteiger partial charge in [-0.15, -0.1) is 11.3 Å². The Labute approximate surface area is 200 Å². The van der Waals surface area contributed by atoms with Crippen LogP contribution >= 0.6 is 11.3 Å². The van der Waals surface area contributed by atoms with Crippen LogP contribution in [0.1, 0.15) is 45.5 Å². The zero-order valence-corrected chi connectivity index (χ0v) is 19.2. The predicted octanol–water partition coefficient (Wildman–Crippen LogP) is 4.10. The Morgan fingerprint density at radius 3 is 2.76 bits per heavy atom. The van der Waals surface area contributed by atoms with Gasteiger partial charge in [-0.25, -0.2) is 9.78 Å². The number of H-pyrrole nitrogens is 1. The smallest absolute Gasteiger partial charge is 0.338 e. The number of aromatic nitrogens is 2. The number of benzene rings is 2. The van der Waals surface area contributed by atoms with Gasteiger partial charge in [-0.2, -0.15) is 0 Å². The van der Waals surface area contributed by atoms with Gasteiger partial charge in [0.2, 0.25) is 0 Å². The number of rotatable bonds is 6. The number of hydrogen-bond acceptors (Lipinski definition) is 6. The zero-order chi connectivity index (χ0) is 23.5. The molecule has 8 heteroatoms. The number of amides is 1. The van der Waals surface area contributed by atoms with Crippen LogP contribution in [0.2, 0.25) is 0 Å². The van der Waals surface area contributed by atoms with Gasteiger partial charge in [0.25, 0.3) is 11.5 Å². The maximum absolute atomic E-state index is 12.9. The van der Waals surface area contributed by atoms with E-state index in [1.165, 1.54) is 0 Å². The molecule has 0 bridgehead atoms. The maximum atomic E-state index is 12.9. The Kier molecular flexibility index (Phi) is 6.22. The second-order valence-corrected chi connectivity index (χ2v) is 9.18. The van der Waals surface area contributed by atoms with Crippen LogP contribution in [0.15, 0.2) is 70.8 Å². The number of aromatic amines is 1. The van der Waals surface area contributed by atoms with E-state index in [1.54, 1.807) is 52.6 Å². The van der Waals surface area contributed by atoms with E-state index in [-0.39, 0.29) is 30.5 Å². The monoisotopic (exact) mass is 473 g/mol. The lowest BCUT2D eigenvalue weighted by Crippen LogP contribution is -2.34. The summed E-state index contributed by atoms with van der Waals surface area (Å²) in [6.45, 7) is 0.358. The van der Waals surface area contributed by atoms with Crippen LogP contribution in [0.5, 0.6) is 0 Å². The molecule has 2 aromatic heterocycles. The second-order valence-electron chi connectivity index (χ2n) is 8.20. The molecule has 0 spiro atoms. The first-order chi connectivity index (χ1) is 16.6. The number of para-hydroxylation sites is 1. The summed E-state index contributed by atoms with van der Waals surface area (Å²) in [6.07, 6.45) is 2.11. The van der Waals surface area contributed by atoms with Gasteiger partial charge in [-0.3, -0.25) is 9.59 Å². The molecule has 34 heavy (non-hydrogen) atoms. The summed E-state index contributed by atoms with van der Waals surface area (Å²) in [5.74, 6) is -0.308. The zero-order valence-electron chi connectivity index (χ0n) is 18.4. The molecule has 7 nitrogen and oxygen atoms in total. The topological polar surface area (TPSA) is 92.4 Å². The van der Waals surface area contributed by atoms with E-state index in [0.29, 0.717) is 34.4 Å². The first-order valence-electron chi connectivity index (χ1n) is 11.2. The molecule has 172 valence electrons. The Balaban J connectivity index is 1.29. The van der Waals surface area contributed by atoms with E-state index in [0.717, 1.165) is 17.7 Å². The summed E-state index contributed by atoms with van der Waals surface area (Å²) in [5, 5.41) is 2.52. The van der Waals surface area contributed by atoms with Crippen LogP contribution in [0.3, 0.4) is 0 Å². The number of hydrogen-bond donors (Lipinski definition) is 1. The van der Waals surface area contributed by atoms with Crippen molar-refractivity contribution in [2.75, 3.05) is 13.2 Å². The van der Waals surface area contributed by atoms with E-state index in [4.69, 9.17) is 4.74 Å². The van der Waals surface area contributed by atoms with Crippen LogP contribution in [-0.4, -0.2) is 39.9 Å². The molecule has 1 fully saturated rings. The van der Waals surface area contributed by atoms with Crippen LogP contribution in [0, 0.1) is 0 Å². The van der Waals surface area contributed by atoms with Crippen molar-refractivity contribution in [3.05, 3.63) is 98.2 Å². The van der Waals surface area contributed by atoms with E-state index in [9.17, 15) is 14.4 Å². The molecule has 3 heterocycles. The number of ether oxygens (including phenoxy) is 1. The highest BCUT2D eigenvalue weighted by atomic mass is 32.1. The Hall–Kier alpha value is -3.78. The third-order valence-corrected chi connectivity index (χ3v) is 7.00. The summed E-state index contributed by atoms with van der Waals surface area (Å²) < 4.78 is 5.42. The molecule has 0 saturated carbocycles. The van der Waals surface area contributed by atoms with E-state index >= 15 is 0 Å². The van der Waals surface area contributed by atoms with Crippen molar-refractivity contribution in [1.29, 1.82) is 0 Å². The fourth-order valence-electron chi connectivity index (χ4n) is 4.40. The number of likely N-dealkylation sites (tertiary alicyclic amines) is 1. The molecular weight excluding hydrogens is 450 g/mol. The predicted molar refractivity (Wildman–Crippen MR) is 130 cm³/mol. The lowest BCUT2D eigenvalue weighted by atomic mass is 10.0. The number of nitrogens with zero attached hydrogens (tertiary/aromatic N) is 2. The van der Waals surface area contributed by atoms with Gasteiger partial charge in [0.1, 0.15) is 5.82 Å². The number of thiophene rings is 1. The number of nitrogens with one attached hydrogen (secondary N) is 1. The summed E-state index contributed by atoms with van der Waals surface area (Å²) >= 11 is 1.63. The van der Waals surface area contributed by atoms with Gasteiger partial charge in [0.05, 0.1) is 22.5 Å². The number of carbonyl (C=O) groups excluding carboxylic acids is 2. The maximum Gasteiger partial charge on any atom is 0.338 e. The minimum absolute atomic E-state index is 0.0503. The van der Waals surface area contributed by atoms with Gasteiger partial charge >= 0.3 is 5.97 Å². The Bertz CT molecular complexity index is 1400. The Morgan fingerprint density at radius 2 is 1.91 bits per heavy atom. The van der Waals surface area contributed by atoms with Crippen molar-refractivity contribution in [1.82, 2.24) is 14.9 Å². The average molecular weight is 474 g/mol. The minimum Gasteiger partial charge on any atom is -0.452 e. The molecular formula is C26H23N3O4S. The van der Waals surface area contributed by atoms with Crippen LogP contribution in [-0.2, 0) is 16.0 Å². The van der Waals surface area contributed by atoms with Crippen molar-refractivity contribution < 1.29 is 14.3 Å². The van der Waals surface area contributed by atoms with Crippen molar-refractivity contribution in [3.8, 4) is 0 Å². The molecule has 2 aromatic carbocycles. The first kappa shape index (κ1) is 22.0. The van der Waals surface area contributed by atoms with Crippen molar-refractivity contribution in [2.45, 2.75) is 25.3 Å². The SMILES string of the molecule is O=C(OCC(=O)N1CCCC1c1cccs1)c1ccccc1Cc1nc2ccccc2c(=O)[nH]1. The quantitative estimate of drug-likeness (QED) is 0.426. The third-order valence-electron chi connectivity index (χ3n) is 6.03. The van der Waals surface area contributed by atoms with E-state index in [2.05, 4.69) is 9.97 Å². The highest BCUT2D eigenvalue weighted by molar-refractivity contribution is 7.10. The summed E-state index contributed by atoms with van der Waals surface area (Å²) in [5.41, 5.74) is 1.38. The fourth-order valence-corrected chi connectivity index (χ4v) is 5.28. The van der Waals surface area contributed by atoms with Crippen molar-refractivity contribution in [2.24, 2.45) is 0 Å². The third kappa shape index (κ3) is 4.49. The molecule has 1 saturated heterocycles. The van der Waals surface area contributed by atoms with Crippen LogP contribution in [0.25, 0.3) is 10.9 Å². The lowest BCUT2D eigenvalue weighted by Gasteiger charge is -2.23. The van der Waals surface area contributed by atoms with Crippen LogP contribution in [0.4, 0.5) is 0 Å². The fraction of sp³-hybridized carbons (Fsp3) is 0.231. The number of fused-ring (bicyclic) bond motifs is 1. The first-order valence-corrected chi connectivity index (χ1v) is 12.0. The van der Waals surface area contributed by atoms with Crippen LogP contribution < -0.4 is 5.56 Å². The van der Waals surface area contributed by atoms with E-state index < -0.39 is 5.97 Å². The molecule has 1 aliphatic heterocycles. The summed E-state index contributed by atoms with van der Waals surface area (Å²) in [7, 11) is 0. The molecule has 1 unspecified atom stereocenters. The number of carbonyl (C=O) groups is 2. The van der Waals surface area contributed by atoms with Gasteiger partial charge in [0, 0.05) is 17.8 Å². The van der Waals surface area contributed by atoms with Crippen molar-refractivity contribution >= 4 is 34.1 Å². The van der Waals surface area contributed by atoms with Gasteiger partial charge in [0.15, 0.2) is 6.61 Å². The highest BCUT2D eigenvalue weighted by Crippen LogP contribution is 2.34. The largest absolute Gasteiger partial charge is 0.452 e. The molecule has 0 radical (unpaired) electrons. The molecule has 0 aliphatic carbocycles. The average Bonchev–Trinajstić information content (AvgIpc) is 3.55. The Morgan fingerprint density at radius 1 is 1.09 bits per heavy atom. The highest BCUT2D eigenvalue weighted by Gasteiger charge is 2.31. The molecule has 1 aliphatic rings. The van der Waals surface area contributed by atoms with E-state index in [1.807, 2.05) is 29.6 Å². The standard InChI is InChI=1S/C26H23N3O4S/c30-24(29-13-5-11-21(29)22-12-6-14-34-22)16-33-26(32)18-8-2-1-7-17(18)15-23-27-20-10-4-3-9-19(20)25(31)28-23/h1-4,6-10,12,14,21H,5,11,13,15-16H2,(H,27,28,31). The van der Waals surface area contributed by atoms with Gasteiger partial charge in [-0.1, -0.05) is 36.4 Å². The summed E-state index contributed by atoms with van der Waals surface area (Å²) in [4.78, 5) is 48.4. The lowest BCUT2D eigenvalue weighted by molar-refractivity contribution is -0.135. The van der Waals surface area contributed by atoms with Gasteiger partial charge < -0.3 is 14.6 Å². The second kappa shape index (κ2) is 9.61. The molecule has 5 rings (SSSR count). The summed E-state index contributed by atoms with van der Waals surface area (Å²) in [6, 6.07) is 18.2. The number of esters is 1. The molecule has 4 aromatic rings. The van der Waals surface area contributed by atoms with Crippen molar-refractivity contribution in [3.63, 3.8) is 0 Å². The van der Waals surface area contributed by atoms with Gasteiger partial charge in [-0.05, 0) is 48.1 Å².